The van der Waals surface area contributed by atoms with Crippen LogP contribution in [0.1, 0.15) is 25.7 Å². The molecular weight excluding hydrogens is 304 g/mol. The van der Waals surface area contributed by atoms with Crippen LogP contribution < -0.4 is 0 Å². The van der Waals surface area contributed by atoms with E-state index in [0.717, 1.165) is 12.0 Å². The van der Waals surface area contributed by atoms with Crippen LogP contribution in [0.3, 0.4) is 0 Å². The zero-order valence-electron chi connectivity index (χ0n) is 13.4. The van der Waals surface area contributed by atoms with E-state index in [-0.39, 0.29) is 0 Å². The first-order chi connectivity index (χ1) is 9.17. The van der Waals surface area contributed by atoms with Crippen LogP contribution in [0.15, 0.2) is 0 Å². The van der Waals surface area contributed by atoms with E-state index < -0.39 is 25.7 Å². The first kappa shape index (κ1) is 15.4. The minimum atomic E-state index is -2.04. The molecule has 0 aromatic rings. The Balaban J connectivity index is 1.57. The summed E-state index contributed by atoms with van der Waals surface area (Å²) in [6.07, 6.45) is 6.27. The molecule has 1 saturated carbocycles. The topological polar surface area (TPSA) is 40.2 Å². The summed E-state index contributed by atoms with van der Waals surface area (Å²) in [6, 6.07) is 1.12. The van der Waals surface area contributed by atoms with Gasteiger partial charge in [0, 0.05) is 0 Å². The molecule has 0 bridgehead atoms. The fraction of sp³-hybridized carbons (Fsp3) is 1.00. The Morgan fingerprint density at radius 2 is 1.50 bits per heavy atom. The zero-order valence-corrected chi connectivity index (χ0v) is 16.4. The van der Waals surface area contributed by atoms with Crippen molar-refractivity contribution in [2.24, 2.45) is 5.92 Å². The average Bonchev–Trinajstić information content (AvgIpc) is 2.99. The van der Waals surface area contributed by atoms with Gasteiger partial charge in [0.25, 0.3) is 0 Å². The van der Waals surface area contributed by atoms with E-state index in [2.05, 4.69) is 32.7 Å². The average molecular weight is 333 g/mol. The van der Waals surface area contributed by atoms with Gasteiger partial charge in [-0.3, -0.25) is 0 Å². The van der Waals surface area contributed by atoms with Gasteiger partial charge < -0.3 is 17.1 Å². The van der Waals surface area contributed by atoms with E-state index in [1.54, 1.807) is 0 Å². The normalized spacial score (nSPS) is 41.0. The molecule has 0 spiro atoms. The van der Waals surface area contributed by atoms with Gasteiger partial charge in [-0.25, -0.2) is 0 Å². The molecule has 0 radical (unpaired) electrons. The van der Waals surface area contributed by atoms with Crippen LogP contribution in [-0.4, -0.2) is 37.9 Å². The number of fused-ring (bicyclic) bond motifs is 1. The summed E-state index contributed by atoms with van der Waals surface area (Å²) in [5.74, 6) is 0.813. The van der Waals surface area contributed by atoms with Crippen LogP contribution in [-0.2, 0) is 17.1 Å². The molecule has 0 aromatic heterocycles. The van der Waals surface area contributed by atoms with Crippen LogP contribution in [0.4, 0.5) is 0 Å². The lowest BCUT2D eigenvalue weighted by Crippen LogP contribution is -2.65. The predicted octanol–water partition coefficient (Wildman–Crippen LogP) is 3.48. The van der Waals surface area contributed by atoms with E-state index in [1.807, 2.05) is 0 Å². The summed E-state index contributed by atoms with van der Waals surface area (Å²) in [6.45, 7) is 10.9. The number of hydrogen-bond acceptors (Lipinski definition) is 4. The van der Waals surface area contributed by atoms with Crippen molar-refractivity contribution < 1.29 is 17.1 Å². The Morgan fingerprint density at radius 3 is 2.10 bits per heavy atom. The molecule has 3 fully saturated rings. The van der Waals surface area contributed by atoms with E-state index >= 15 is 0 Å². The van der Waals surface area contributed by atoms with Gasteiger partial charge in [-0.1, -0.05) is 0 Å². The standard InChI is InChI=1S/C13H28O4Si3/c1-18(2)15-19(3,4)17-20(5,16-18)9-8-11-6-7-12-13(10-11)14-12/h11-13H,6-10H2,1-5H3. The SMILES string of the molecule is C[Si]1(C)O[Si](C)(C)O[Si](C)(CCC2CCC3OC3C2)O1. The van der Waals surface area contributed by atoms with Gasteiger partial charge >= 0.3 is 25.7 Å². The molecular formula is C13H28O4Si3. The number of rotatable bonds is 3. The summed E-state index contributed by atoms with van der Waals surface area (Å²) in [4.78, 5) is 0. The molecule has 2 aliphatic heterocycles. The second kappa shape index (κ2) is 5.00. The maximum Gasteiger partial charge on any atom is 0.317 e. The maximum atomic E-state index is 6.36. The third-order valence-electron chi connectivity index (χ3n) is 4.53. The highest BCUT2D eigenvalue weighted by atomic mass is 28.5. The molecule has 3 aliphatic rings. The zero-order chi connectivity index (χ0) is 14.6. The van der Waals surface area contributed by atoms with Gasteiger partial charge in [-0.05, 0) is 70.4 Å². The fourth-order valence-corrected chi connectivity index (χ4v) is 20.4. The Labute approximate surface area is 125 Å². The molecule has 1 aliphatic carbocycles. The van der Waals surface area contributed by atoms with Crippen molar-refractivity contribution in [3.8, 4) is 0 Å². The Kier molecular flexibility index (Phi) is 3.85. The maximum absolute atomic E-state index is 6.36. The molecule has 3 atom stereocenters. The smallest absolute Gasteiger partial charge is 0.317 e. The summed E-state index contributed by atoms with van der Waals surface area (Å²) in [7, 11) is -6.00. The van der Waals surface area contributed by atoms with Crippen molar-refractivity contribution in [2.45, 2.75) is 76.7 Å². The lowest BCUT2D eigenvalue weighted by atomic mass is 9.88. The molecule has 3 unspecified atom stereocenters. The highest BCUT2D eigenvalue weighted by Crippen LogP contribution is 2.42. The Hall–Kier alpha value is 0.491. The van der Waals surface area contributed by atoms with Crippen LogP contribution >= 0.6 is 0 Å². The van der Waals surface area contributed by atoms with Gasteiger partial charge in [0.15, 0.2) is 0 Å². The summed E-state index contributed by atoms with van der Waals surface area (Å²) >= 11 is 0. The fourth-order valence-electron chi connectivity index (χ4n) is 4.01. The van der Waals surface area contributed by atoms with Crippen LogP contribution in [0, 0.1) is 5.92 Å². The molecule has 3 rings (SSSR count). The molecule has 116 valence electrons. The van der Waals surface area contributed by atoms with Gasteiger partial charge in [0.05, 0.1) is 12.2 Å². The minimum Gasteiger partial charge on any atom is -0.416 e. The highest BCUT2D eigenvalue weighted by molar-refractivity contribution is 6.92. The van der Waals surface area contributed by atoms with Gasteiger partial charge in [0.1, 0.15) is 0 Å². The minimum absolute atomic E-state index is 0.580. The molecule has 2 saturated heterocycles. The molecule has 4 nitrogen and oxygen atoms in total. The lowest BCUT2D eigenvalue weighted by molar-refractivity contribution is 0.228. The quantitative estimate of drug-likeness (QED) is 0.586. The third kappa shape index (κ3) is 3.63. The van der Waals surface area contributed by atoms with Crippen LogP contribution in [0.5, 0.6) is 0 Å². The molecule has 2 heterocycles. The van der Waals surface area contributed by atoms with Crippen molar-refractivity contribution in [3.63, 3.8) is 0 Å². The number of ether oxygens (including phenoxy) is 1. The Bertz CT molecular complexity index is 372. The van der Waals surface area contributed by atoms with Gasteiger partial charge in [-0.15, -0.1) is 0 Å². The summed E-state index contributed by atoms with van der Waals surface area (Å²) < 4.78 is 24.5. The summed E-state index contributed by atoms with van der Waals surface area (Å²) in [5.41, 5.74) is 0. The van der Waals surface area contributed by atoms with Crippen LogP contribution in [0.2, 0.25) is 38.8 Å². The molecule has 20 heavy (non-hydrogen) atoms. The van der Waals surface area contributed by atoms with Crippen molar-refractivity contribution in [2.75, 3.05) is 0 Å². The number of epoxide rings is 1. The lowest BCUT2D eigenvalue weighted by Gasteiger charge is -2.48. The van der Waals surface area contributed by atoms with E-state index in [4.69, 9.17) is 17.1 Å². The molecule has 0 N–H and O–H groups in total. The molecule has 0 aromatic carbocycles. The second-order valence-corrected chi connectivity index (χ2v) is 18.5. The van der Waals surface area contributed by atoms with Gasteiger partial charge in [0.2, 0.25) is 0 Å². The van der Waals surface area contributed by atoms with Crippen molar-refractivity contribution in [1.82, 2.24) is 0 Å². The van der Waals surface area contributed by atoms with Crippen molar-refractivity contribution >= 4 is 25.7 Å². The predicted molar refractivity (Wildman–Crippen MR) is 85.3 cm³/mol. The van der Waals surface area contributed by atoms with Gasteiger partial charge in [-0.2, -0.15) is 0 Å². The van der Waals surface area contributed by atoms with E-state index in [9.17, 15) is 0 Å². The Morgan fingerprint density at radius 1 is 0.850 bits per heavy atom. The molecule has 7 heteroatoms. The van der Waals surface area contributed by atoms with E-state index in [1.165, 1.54) is 25.7 Å². The van der Waals surface area contributed by atoms with Crippen molar-refractivity contribution in [3.05, 3.63) is 0 Å². The first-order valence-corrected chi connectivity index (χ1v) is 16.1. The highest BCUT2D eigenvalue weighted by Gasteiger charge is 2.53. The van der Waals surface area contributed by atoms with E-state index in [0.29, 0.717) is 12.2 Å². The van der Waals surface area contributed by atoms with Crippen LogP contribution in [0.25, 0.3) is 0 Å². The third-order valence-corrected chi connectivity index (χ3v) is 17.1. The molecule has 0 amide bonds. The second-order valence-electron chi connectivity index (χ2n) is 7.67. The largest absolute Gasteiger partial charge is 0.416 e. The summed E-state index contributed by atoms with van der Waals surface area (Å²) in [5, 5.41) is 0. The first-order valence-electron chi connectivity index (χ1n) is 7.92. The monoisotopic (exact) mass is 332 g/mol. The van der Waals surface area contributed by atoms with Crippen molar-refractivity contribution in [1.29, 1.82) is 0 Å². The number of hydrogen-bond donors (Lipinski definition) is 0.